The van der Waals surface area contributed by atoms with Gasteiger partial charge in [-0.3, -0.25) is 4.79 Å². The minimum atomic E-state index is -4.61. The molecular weight excluding hydrogens is 353 g/mol. The lowest BCUT2D eigenvalue weighted by Crippen LogP contribution is -2.53. The van der Waals surface area contributed by atoms with Crippen molar-refractivity contribution in [2.75, 3.05) is 6.54 Å². The monoisotopic (exact) mass is 376 g/mol. The second-order valence-electron chi connectivity index (χ2n) is 6.72. The van der Waals surface area contributed by atoms with Gasteiger partial charge >= 0.3 is 12.3 Å². The first-order valence-corrected chi connectivity index (χ1v) is 7.93. The summed E-state index contributed by atoms with van der Waals surface area (Å²) in [7, 11) is 0. The van der Waals surface area contributed by atoms with E-state index >= 15 is 0 Å². The molecule has 1 aromatic rings. The Morgan fingerprint density at radius 2 is 1.73 bits per heavy atom. The first kappa shape index (κ1) is 21.8. The van der Waals surface area contributed by atoms with Gasteiger partial charge in [0.25, 0.3) is 5.91 Å². The Morgan fingerprint density at radius 1 is 1.15 bits per heavy atom. The molecule has 0 heterocycles. The molecule has 1 aromatic carbocycles. The van der Waals surface area contributed by atoms with Gasteiger partial charge in [-0.2, -0.15) is 13.2 Å². The number of alkyl halides is 3. The third-order valence-corrected chi connectivity index (χ3v) is 3.11. The van der Waals surface area contributed by atoms with Gasteiger partial charge in [-0.15, -0.1) is 0 Å². The normalized spacial score (nSPS) is 14.3. The zero-order valence-corrected chi connectivity index (χ0v) is 14.8. The summed E-state index contributed by atoms with van der Waals surface area (Å²) in [5.41, 5.74) is -0.138. The Balaban J connectivity index is 2.84. The van der Waals surface area contributed by atoms with Crippen LogP contribution in [0.25, 0.3) is 0 Å². The standard InChI is InChI=1S/C17H23F3N2O4/c1-16(2,3)26-15(25)22-12(9-11-7-5-4-6-8-11)13(23)14(24)21-10-17(18,19)20/h4-8,12-13,23H,9-10H2,1-3H3,(H,21,24)(H,22,25)/t12-,13?/m0/s1. The highest BCUT2D eigenvalue weighted by Crippen LogP contribution is 2.13. The summed E-state index contributed by atoms with van der Waals surface area (Å²) >= 11 is 0. The van der Waals surface area contributed by atoms with Crippen molar-refractivity contribution < 1.29 is 32.6 Å². The number of aliphatic hydroxyl groups excluding tert-OH is 1. The van der Waals surface area contributed by atoms with Crippen LogP contribution in [-0.2, 0) is 16.0 Å². The van der Waals surface area contributed by atoms with Gasteiger partial charge in [0.2, 0.25) is 0 Å². The minimum absolute atomic E-state index is 0.0285. The number of nitrogens with one attached hydrogen (secondary N) is 2. The highest BCUT2D eigenvalue weighted by molar-refractivity contribution is 5.82. The number of rotatable bonds is 6. The van der Waals surface area contributed by atoms with E-state index in [4.69, 9.17) is 4.74 Å². The van der Waals surface area contributed by atoms with Crippen LogP contribution in [0.1, 0.15) is 26.3 Å². The molecule has 26 heavy (non-hydrogen) atoms. The molecule has 0 fully saturated rings. The second-order valence-corrected chi connectivity index (χ2v) is 6.72. The molecule has 0 radical (unpaired) electrons. The molecule has 0 saturated carbocycles. The van der Waals surface area contributed by atoms with Crippen molar-refractivity contribution in [2.45, 2.75) is 51.1 Å². The van der Waals surface area contributed by atoms with Crippen LogP contribution in [0, 0.1) is 0 Å². The van der Waals surface area contributed by atoms with E-state index in [1.54, 1.807) is 56.4 Å². The minimum Gasteiger partial charge on any atom is -0.444 e. The van der Waals surface area contributed by atoms with E-state index < -0.39 is 42.5 Å². The van der Waals surface area contributed by atoms with E-state index in [0.29, 0.717) is 5.56 Å². The van der Waals surface area contributed by atoms with Crippen molar-refractivity contribution in [3.05, 3.63) is 35.9 Å². The Labute approximate surface area is 149 Å². The SMILES string of the molecule is CC(C)(C)OC(=O)N[C@@H](Cc1ccccc1)C(O)C(=O)NCC(F)(F)F. The number of hydrogen-bond donors (Lipinski definition) is 3. The van der Waals surface area contributed by atoms with Crippen molar-refractivity contribution in [2.24, 2.45) is 0 Å². The molecule has 0 aliphatic carbocycles. The summed E-state index contributed by atoms with van der Waals surface area (Å²) in [6.45, 7) is 3.31. The third-order valence-electron chi connectivity index (χ3n) is 3.11. The number of carbonyl (C=O) groups excluding carboxylic acids is 2. The van der Waals surface area contributed by atoms with Crippen LogP contribution >= 0.6 is 0 Å². The van der Waals surface area contributed by atoms with Crippen molar-refractivity contribution >= 4 is 12.0 Å². The molecule has 3 N–H and O–H groups in total. The van der Waals surface area contributed by atoms with Gasteiger partial charge in [0, 0.05) is 0 Å². The van der Waals surface area contributed by atoms with E-state index in [1.807, 2.05) is 0 Å². The van der Waals surface area contributed by atoms with Crippen LogP contribution in [0.3, 0.4) is 0 Å². The number of amides is 2. The van der Waals surface area contributed by atoms with Gasteiger partial charge in [0.05, 0.1) is 6.04 Å². The van der Waals surface area contributed by atoms with Crippen molar-refractivity contribution in [1.82, 2.24) is 10.6 Å². The average molecular weight is 376 g/mol. The second kappa shape index (κ2) is 8.88. The van der Waals surface area contributed by atoms with Gasteiger partial charge in [-0.1, -0.05) is 30.3 Å². The van der Waals surface area contributed by atoms with Crippen LogP contribution in [0.5, 0.6) is 0 Å². The number of benzene rings is 1. The Bertz CT molecular complexity index is 600. The molecule has 0 aliphatic heterocycles. The molecule has 0 saturated heterocycles. The van der Waals surface area contributed by atoms with Gasteiger partial charge in [-0.25, -0.2) is 4.79 Å². The zero-order valence-electron chi connectivity index (χ0n) is 14.8. The molecule has 146 valence electrons. The van der Waals surface area contributed by atoms with Crippen molar-refractivity contribution in [3.8, 4) is 0 Å². The summed E-state index contributed by atoms with van der Waals surface area (Å²) in [5, 5.41) is 14.1. The number of aliphatic hydroxyl groups is 1. The molecule has 0 aromatic heterocycles. The lowest BCUT2D eigenvalue weighted by atomic mass is 10.0. The summed E-state index contributed by atoms with van der Waals surface area (Å²) < 4.78 is 41.8. The highest BCUT2D eigenvalue weighted by atomic mass is 19.4. The highest BCUT2D eigenvalue weighted by Gasteiger charge is 2.33. The molecular formula is C17H23F3N2O4. The number of halogens is 3. The topological polar surface area (TPSA) is 87.7 Å². The van der Waals surface area contributed by atoms with E-state index in [1.165, 1.54) is 0 Å². The largest absolute Gasteiger partial charge is 0.444 e. The number of ether oxygens (including phenoxy) is 1. The lowest BCUT2D eigenvalue weighted by Gasteiger charge is -2.26. The van der Waals surface area contributed by atoms with Crippen molar-refractivity contribution in [1.29, 1.82) is 0 Å². The van der Waals surface area contributed by atoms with Crippen LogP contribution in [-0.4, -0.2) is 47.6 Å². The number of carbonyl (C=O) groups is 2. The first-order valence-electron chi connectivity index (χ1n) is 7.93. The van der Waals surface area contributed by atoms with E-state index in [2.05, 4.69) is 5.32 Å². The molecule has 9 heteroatoms. The van der Waals surface area contributed by atoms with Gasteiger partial charge in [0.15, 0.2) is 6.10 Å². The molecule has 2 amide bonds. The maximum atomic E-state index is 12.2. The average Bonchev–Trinajstić information content (AvgIpc) is 2.49. The van der Waals surface area contributed by atoms with Crippen LogP contribution in [0.2, 0.25) is 0 Å². The smallest absolute Gasteiger partial charge is 0.407 e. The molecule has 1 rings (SSSR count). The molecule has 6 nitrogen and oxygen atoms in total. The Kier molecular flexibility index (Phi) is 7.43. The zero-order chi connectivity index (χ0) is 20.0. The molecule has 0 bridgehead atoms. The van der Waals surface area contributed by atoms with E-state index in [-0.39, 0.29) is 6.42 Å². The summed E-state index contributed by atoms with van der Waals surface area (Å²) in [5.74, 6) is -1.24. The molecule has 1 unspecified atom stereocenters. The van der Waals surface area contributed by atoms with Crippen LogP contribution in [0.4, 0.5) is 18.0 Å². The fourth-order valence-electron chi connectivity index (χ4n) is 2.04. The van der Waals surface area contributed by atoms with Gasteiger partial charge in [0.1, 0.15) is 12.1 Å². The Morgan fingerprint density at radius 3 is 2.23 bits per heavy atom. The summed E-state index contributed by atoms with van der Waals surface area (Å²) in [4.78, 5) is 23.8. The van der Waals surface area contributed by atoms with E-state index in [9.17, 15) is 27.9 Å². The fourth-order valence-corrected chi connectivity index (χ4v) is 2.04. The molecule has 2 atom stereocenters. The maximum Gasteiger partial charge on any atom is 0.407 e. The first-order chi connectivity index (χ1) is 11.9. The number of hydrogen-bond acceptors (Lipinski definition) is 4. The molecule has 0 spiro atoms. The predicted octanol–water partition coefficient (Wildman–Crippen LogP) is 2.16. The van der Waals surface area contributed by atoms with Crippen LogP contribution in [0.15, 0.2) is 30.3 Å². The quantitative estimate of drug-likeness (QED) is 0.710. The van der Waals surface area contributed by atoms with Gasteiger partial charge in [-0.05, 0) is 32.8 Å². The maximum absolute atomic E-state index is 12.2. The fraction of sp³-hybridized carbons (Fsp3) is 0.529. The van der Waals surface area contributed by atoms with Gasteiger partial charge < -0.3 is 20.5 Å². The molecule has 0 aliphatic rings. The summed E-state index contributed by atoms with van der Waals surface area (Å²) in [6, 6.07) is 7.42. The van der Waals surface area contributed by atoms with Crippen LogP contribution < -0.4 is 10.6 Å². The number of alkyl carbamates (subject to hydrolysis) is 1. The predicted molar refractivity (Wildman–Crippen MR) is 88.4 cm³/mol. The van der Waals surface area contributed by atoms with Crippen molar-refractivity contribution in [3.63, 3.8) is 0 Å². The lowest BCUT2D eigenvalue weighted by molar-refractivity contribution is -0.144. The summed E-state index contributed by atoms with van der Waals surface area (Å²) in [6.07, 6.45) is -7.35. The Hall–Kier alpha value is -2.29. The van der Waals surface area contributed by atoms with E-state index in [0.717, 1.165) is 0 Å². The third kappa shape index (κ3) is 8.70.